The van der Waals surface area contributed by atoms with Crippen LogP contribution in [0.25, 0.3) is 0 Å². The lowest BCUT2D eigenvalue weighted by molar-refractivity contribution is -0.140. The summed E-state index contributed by atoms with van der Waals surface area (Å²) in [6.07, 6.45) is 4.04. The minimum absolute atomic E-state index is 0.0188. The van der Waals surface area contributed by atoms with Crippen LogP contribution in [0.5, 0.6) is 0 Å². The number of anilines is 1. The Bertz CT molecular complexity index is 801. The molecular weight excluding hydrogens is 455 g/mol. The van der Waals surface area contributed by atoms with E-state index >= 15 is 0 Å². The highest BCUT2D eigenvalue weighted by atomic mass is 19.3. The number of hydrogen-bond acceptors (Lipinski definition) is 3. The number of likely N-dealkylation sites (N-methyl/N-ethyl adjacent to an activating group) is 1. The van der Waals surface area contributed by atoms with Crippen molar-refractivity contribution in [2.75, 3.05) is 32.0 Å². The van der Waals surface area contributed by atoms with E-state index in [1.54, 1.807) is 0 Å². The Morgan fingerprint density at radius 1 is 1.23 bits per heavy atom. The van der Waals surface area contributed by atoms with Crippen molar-refractivity contribution in [2.45, 2.75) is 85.6 Å². The van der Waals surface area contributed by atoms with E-state index < -0.39 is 17.8 Å². The number of benzene rings is 1. The third kappa shape index (κ3) is 9.13. The Hall–Kier alpha value is -2.09. The van der Waals surface area contributed by atoms with Crippen molar-refractivity contribution >= 4 is 18.0 Å². The molecule has 0 radical (unpaired) electrons. The van der Waals surface area contributed by atoms with Gasteiger partial charge in [0.05, 0.1) is 6.54 Å². The summed E-state index contributed by atoms with van der Waals surface area (Å²) in [7, 11) is 1.95. The molecule has 1 N–H and O–H groups in total. The number of nitrogens with zero attached hydrogens (tertiary/aromatic N) is 2. The lowest BCUT2D eigenvalue weighted by Crippen LogP contribution is -2.60. The molecule has 0 aromatic heterocycles. The third-order valence-corrected chi connectivity index (χ3v) is 7.36. The highest BCUT2D eigenvalue weighted by Gasteiger charge is 2.45. The summed E-state index contributed by atoms with van der Waals surface area (Å²) in [5, 5.41) is 2.09. The standard InChI is InChI=1S/C17H32N2O.C8H6F3NO.C2H6/c1-6-16(3,4)18(5)15(20)11-19-12-17(13-19)9-7-14(2)8-10-17;9-6-1-5(8(10)11)2-7(3-6)12-4-13;1-2/h14H,6-13H2,1-5H3;1-4,8H,(H,12,13);1-2H3. The van der Waals surface area contributed by atoms with E-state index in [1.807, 2.05) is 25.8 Å². The number of hydrogen-bond donors (Lipinski definition) is 1. The number of alkyl halides is 2. The Morgan fingerprint density at radius 3 is 2.29 bits per heavy atom. The second kappa shape index (κ2) is 13.9. The SMILES string of the molecule is CC.CCC(C)(C)N(C)C(=O)CN1CC2(CCC(C)CC2)C1.O=CNc1cc(F)cc(C(F)F)c1. The zero-order valence-corrected chi connectivity index (χ0v) is 22.5. The molecule has 1 aliphatic heterocycles. The number of rotatable bonds is 7. The van der Waals surface area contributed by atoms with Crippen LogP contribution >= 0.6 is 0 Å². The molecule has 0 bridgehead atoms. The second-order valence-corrected chi connectivity index (χ2v) is 10.3. The molecule has 1 spiro atoms. The first-order valence-electron chi connectivity index (χ1n) is 12.7. The summed E-state index contributed by atoms with van der Waals surface area (Å²) < 4.78 is 36.8. The van der Waals surface area contributed by atoms with E-state index in [4.69, 9.17) is 0 Å². The molecule has 2 amide bonds. The predicted molar refractivity (Wildman–Crippen MR) is 136 cm³/mol. The fraction of sp³-hybridized carbons (Fsp3) is 0.704. The second-order valence-electron chi connectivity index (χ2n) is 10.3. The van der Waals surface area contributed by atoms with Gasteiger partial charge in [0.25, 0.3) is 6.43 Å². The average Bonchev–Trinajstić information content (AvgIpc) is 2.80. The summed E-state index contributed by atoms with van der Waals surface area (Å²) in [5.74, 6) is 0.380. The number of likely N-dealkylation sites (tertiary alicyclic amines) is 1. The van der Waals surface area contributed by atoms with Gasteiger partial charge in [0.2, 0.25) is 12.3 Å². The summed E-state index contributed by atoms with van der Waals surface area (Å²) >= 11 is 0. The van der Waals surface area contributed by atoms with Gasteiger partial charge >= 0.3 is 0 Å². The predicted octanol–water partition coefficient (Wildman–Crippen LogP) is 6.50. The number of amides is 2. The molecule has 8 heteroatoms. The number of carbonyl (C=O) groups is 2. The van der Waals surface area contributed by atoms with Gasteiger partial charge in [0.15, 0.2) is 0 Å². The minimum Gasteiger partial charge on any atom is -0.340 e. The lowest BCUT2D eigenvalue weighted by atomic mass is 9.66. The van der Waals surface area contributed by atoms with Gasteiger partial charge in [0.1, 0.15) is 5.82 Å². The first-order chi connectivity index (χ1) is 16.4. The van der Waals surface area contributed by atoms with Crippen LogP contribution in [0.4, 0.5) is 18.9 Å². The van der Waals surface area contributed by atoms with E-state index in [-0.39, 0.29) is 17.1 Å². The van der Waals surface area contributed by atoms with Crippen LogP contribution in [0.15, 0.2) is 18.2 Å². The molecule has 2 aliphatic rings. The third-order valence-electron chi connectivity index (χ3n) is 7.36. The first kappa shape index (κ1) is 30.9. The fourth-order valence-electron chi connectivity index (χ4n) is 4.47. The molecule has 1 aromatic rings. The molecule has 1 heterocycles. The van der Waals surface area contributed by atoms with Crippen LogP contribution in [0.2, 0.25) is 0 Å². The molecule has 3 rings (SSSR count). The molecule has 1 saturated carbocycles. The van der Waals surface area contributed by atoms with Gasteiger partial charge in [-0.05, 0) is 62.6 Å². The summed E-state index contributed by atoms with van der Waals surface area (Å²) in [6.45, 7) is 15.7. The monoisotopic (exact) mass is 499 g/mol. The number of nitrogens with one attached hydrogen (secondary N) is 1. The van der Waals surface area contributed by atoms with Crippen molar-refractivity contribution in [3.05, 3.63) is 29.6 Å². The first-order valence-corrected chi connectivity index (χ1v) is 12.7. The maximum atomic E-state index is 12.6. The molecule has 1 aromatic carbocycles. The van der Waals surface area contributed by atoms with E-state index in [1.165, 1.54) is 25.7 Å². The van der Waals surface area contributed by atoms with Crippen LogP contribution in [0.3, 0.4) is 0 Å². The highest BCUT2D eigenvalue weighted by Crippen LogP contribution is 2.45. The van der Waals surface area contributed by atoms with E-state index in [2.05, 4.69) is 37.9 Å². The van der Waals surface area contributed by atoms with E-state index in [9.17, 15) is 22.8 Å². The van der Waals surface area contributed by atoms with Crippen LogP contribution in [0, 0.1) is 17.2 Å². The van der Waals surface area contributed by atoms with Gasteiger partial charge in [0, 0.05) is 36.9 Å². The van der Waals surface area contributed by atoms with Crippen LogP contribution in [0.1, 0.15) is 85.6 Å². The normalized spacial score (nSPS) is 17.5. The lowest BCUT2D eigenvalue weighted by Gasteiger charge is -2.53. The molecule has 2 fully saturated rings. The smallest absolute Gasteiger partial charge is 0.264 e. The van der Waals surface area contributed by atoms with Crippen molar-refractivity contribution < 1.29 is 22.8 Å². The quantitative estimate of drug-likeness (QED) is 0.436. The Kier molecular flexibility index (Phi) is 12.2. The molecular formula is C27H44F3N3O2. The number of halogens is 3. The van der Waals surface area contributed by atoms with E-state index in [0.29, 0.717) is 18.4 Å². The summed E-state index contributed by atoms with van der Waals surface area (Å²) in [4.78, 5) is 26.6. The van der Waals surface area contributed by atoms with Crippen LogP contribution < -0.4 is 5.32 Å². The van der Waals surface area contributed by atoms with Gasteiger partial charge in [-0.15, -0.1) is 0 Å². The molecule has 1 saturated heterocycles. The van der Waals surface area contributed by atoms with Crippen molar-refractivity contribution in [3.8, 4) is 0 Å². The largest absolute Gasteiger partial charge is 0.340 e. The zero-order valence-electron chi connectivity index (χ0n) is 22.5. The maximum Gasteiger partial charge on any atom is 0.264 e. The highest BCUT2D eigenvalue weighted by molar-refractivity contribution is 5.79. The summed E-state index contributed by atoms with van der Waals surface area (Å²) in [6, 6.07) is 2.70. The summed E-state index contributed by atoms with van der Waals surface area (Å²) in [5.41, 5.74) is 0.0978. The maximum absolute atomic E-state index is 12.6. The van der Waals surface area contributed by atoms with Gasteiger partial charge in [-0.25, -0.2) is 13.2 Å². The Balaban J connectivity index is 0.000000354. The van der Waals surface area contributed by atoms with Gasteiger partial charge in [-0.3, -0.25) is 14.5 Å². The molecule has 200 valence electrons. The van der Waals surface area contributed by atoms with Crippen molar-refractivity contribution in [1.29, 1.82) is 0 Å². The Labute approximate surface area is 209 Å². The molecule has 0 atom stereocenters. The average molecular weight is 500 g/mol. The van der Waals surface area contributed by atoms with Gasteiger partial charge < -0.3 is 10.2 Å². The van der Waals surface area contributed by atoms with Crippen molar-refractivity contribution in [2.24, 2.45) is 11.3 Å². The molecule has 1 aliphatic carbocycles. The molecule has 35 heavy (non-hydrogen) atoms. The fourth-order valence-corrected chi connectivity index (χ4v) is 4.47. The Morgan fingerprint density at radius 2 is 1.80 bits per heavy atom. The number of carbonyl (C=O) groups excluding carboxylic acids is 2. The molecule has 0 unspecified atom stereocenters. The van der Waals surface area contributed by atoms with E-state index in [0.717, 1.165) is 43.6 Å². The van der Waals surface area contributed by atoms with Gasteiger partial charge in [-0.2, -0.15) is 0 Å². The molecule has 5 nitrogen and oxygen atoms in total. The van der Waals surface area contributed by atoms with Crippen LogP contribution in [-0.2, 0) is 9.59 Å². The topological polar surface area (TPSA) is 52.7 Å². The van der Waals surface area contributed by atoms with Gasteiger partial charge in [-0.1, -0.05) is 40.5 Å². The minimum atomic E-state index is -2.75. The van der Waals surface area contributed by atoms with Crippen molar-refractivity contribution in [3.63, 3.8) is 0 Å². The van der Waals surface area contributed by atoms with Crippen molar-refractivity contribution in [1.82, 2.24) is 9.80 Å². The van der Waals surface area contributed by atoms with Crippen LogP contribution in [-0.4, -0.2) is 54.3 Å². The zero-order chi connectivity index (χ0) is 26.8.